The zero-order chi connectivity index (χ0) is 9.26. The molecule has 13 heavy (non-hydrogen) atoms. The Hall–Kier alpha value is -1.77. The van der Waals surface area contributed by atoms with E-state index in [2.05, 4.69) is 4.98 Å². The van der Waals surface area contributed by atoms with Crippen LogP contribution in [-0.4, -0.2) is 12.1 Å². The molecule has 2 aromatic rings. The molecule has 3 heteroatoms. The molecule has 0 saturated heterocycles. The molecule has 1 aromatic heterocycles. The largest absolute Gasteiger partial charge is 0.497 e. The van der Waals surface area contributed by atoms with Crippen molar-refractivity contribution in [2.75, 3.05) is 12.8 Å². The zero-order valence-corrected chi connectivity index (χ0v) is 7.32. The van der Waals surface area contributed by atoms with Gasteiger partial charge in [0.1, 0.15) is 5.75 Å². The molecular weight excluding hydrogens is 170 g/mol. The van der Waals surface area contributed by atoms with Crippen LogP contribution in [-0.2, 0) is 0 Å². The summed E-state index contributed by atoms with van der Waals surface area (Å²) in [7, 11) is 1.62. The third kappa shape index (κ3) is 1.28. The summed E-state index contributed by atoms with van der Waals surface area (Å²) in [5.74, 6) is 0.762. The molecule has 0 bridgehead atoms. The second-order valence-corrected chi connectivity index (χ2v) is 2.79. The van der Waals surface area contributed by atoms with Crippen molar-refractivity contribution in [1.82, 2.24) is 4.98 Å². The number of methoxy groups -OCH3 is 1. The van der Waals surface area contributed by atoms with E-state index in [1.165, 1.54) is 0 Å². The molecule has 1 heterocycles. The van der Waals surface area contributed by atoms with Gasteiger partial charge in [0.05, 0.1) is 18.3 Å². The molecule has 0 aliphatic rings. The predicted molar refractivity (Wildman–Crippen MR) is 52.7 cm³/mol. The zero-order valence-electron chi connectivity index (χ0n) is 7.32. The Balaban J connectivity index is 2.77. The summed E-state index contributed by atoms with van der Waals surface area (Å²) in [6.45, 7) is 0. The van der Waals surface area contributed by atoms with Crippen LogP contribution in [0.2, 0.25) is 0 Å². The lowest BCUT2D eigenvalue weighted by Gasteiger charge is -2.04. The van der Waals surface area contributed by atoms with E-state index < -0.39 is 0 Å². The topological polar surface area (TPSA) is 48.1 Å². The van der Waals surface area contributed by atoms with Gasteiger partial charge < -0.3 is 10.5 Å². The number of benzene rings is 1. The van der Waals surface area contributed by atoms with E-state index in [0.717, 1.165) is 16.7 Å². The van der Waals surface area contributed by atoms with Gasteiger partial charge in [-0.2, -0.15) is 0 Å². The molecule has 0 saturated carbocycles. The average Bonchev–Trinajstić information content (AvgIpc) is 2.18. The molecule has 0 aliphatic carbocycles. The van der Waals surface area contributed by atoms with E-state index in [4.69, 9.17) is 10.5 Å². The first kappa shape index (κ1) is 7.86. The first-order valence-corrected chi connectivity index (χ1v) is 3.99. The van der Waals surface area contributed by atoms with Crippen LogP contribution < -0.4 is 10.5 Å². The van der Waals surface area contributed by atoms with Crippen molar-refractivity contribution >= 4 is 16.6 Å². The summed E-state index contributed by atoms with van der Waals surface area (Å²) in [6.07, 6.45) is 1.73. The molecule has 3 nitrogen and oxygen atoms in total. The number of anilines is 1. The van der Waals surface area contributed by atoms with Crippen molar-refractivity contribution in [3.8, 4) is 5.75 Å². The smallest absolute Gasteiger partial charge is 0.121 e. The van der Waals surface area contributed by atoms with Gasteiger partial charge in [0.25, 0.3) is 0 Å². The SMILES string of the molecule is CO[13c]1[13cH][13c](N)[13c]2nccc[13c]2[13cH]1. The van der Waals surface area contributed by atoms with Gasteiger partial charge in [0.15, 0.2) is 0 Å². The molecule has 1 aromatic carbocycles. The van der Waals surface area contributed by atoms with E-state index in [1.54, 1.807) is 19.4 Å². The molecule has 0 unspecified atom stereocenters. The number of hydrogen-bond acceptors (Lipinski definition) is 3. The van der Waals surface area contributed by atoms with Gasteiger partial charge in [0, 0.05) is 17.6 Å². The van der Waals surface area contributed by atoms with Crippen molar-refractivity contribution in [2.45, 2.75) is 0 Å². The molecule has 2 rings (SSSR count). The van der Waals surface area contributed by atoms with Crippen molar-refractivity contribution in [2.24, 2.45) is 0 Å². The van der Waals surface area contributed by atoms with E-state index >= 15 is 0 Å². The standard InChI is InChI=1S/C10H10N2O/c1-13-8-5-7-3-2-4-12-10(7)9(11)6-8/h2-6H,11H2,1H3/i5+1,6+1,7+1,8+1,9+1,10+1. The van der Waals surface area contributed by atoms with E-state index in [-0.39, 0.29) is 0 Å². The van der Waals surface area contributed by atoms with E-state index in [9.17, 15) is 0 Å². The van der Waals surface area contributed by atoms with E-state index in [0.29, 0.717) is 5.69 Å². The van der Waals surface area contributed by atoms with E-state index in [1.807, 2.05) is 18.2 Å². The average molecular weight is 180 g/mol. The number of nitrogen functional groups attached to an aromatic ring is 1. The molecule has 0 spiro atoms. The summed E-state index contributed by atoms with van der Waals surface area (Å²) in [4.78, 5) is 4.18. The van der Waals surface area contributed by atoms with Crippen LogP contribution in [0.25, 0.3) is 10.9 Å². The Morgan fingerprint density at radius 2 is 2.23 bits per heavy atom. The first-order chi connectivity index (χ1) is 6.31. The first-order valence-electron chi connectivity index (χ1n) is 3.99. The molecule has 0 radical (unpaired) electrons. The number of nitrogens with zero attached hydrogens (tertiary/aromatic N) is 1. The highest BCUT2D eigenvalue weighted by atomic mass is 16.5. The second kappa shape index (κ2) is 2.94. The van der Waals surface area contributed by atoms with Crippen molar-refractivity contribution in [3.05, 3.63) is 30.5 Å². The Bertz CT molecular complexity index is 440. The fourth-order valence-corrected chi connectivity index (χ4v) is 1.31. The maximum absolute atomic E-state index is 5.79. The van der Waals surface area contributed by atoms with Crippen LogP contribution in [0, 0.1) is 0 Å². The number of nitrogens with two attached hydrogens (primary N) is 1. The van der Waals surface area contributed by atoms with Gasteiger partial charge in [-0.05, 0) is 12.1 Å². The number of pyridine rings is 1. The van der Waals surface area contributed by atoms with Crippen molar-refractivity contribution in [1.29, 1.82) is 0 Å². The van der Waals surface area contributed by atoms with Gasteiger partial charge in [-0.15, -0.1) is 0 Å². The third-order valence-corrected chi connectivity index (χ3v) is 1.94. The highest BCUT2D eigenvalue weighted by Crippen LogP contribution is 2.24. The number of aromatic nitrogens is 1. The minimum absolute atomic E-state index is 0.648. The lowest BCUT2D eigenvalue weighted by atomic mass is 10.7. The van der Waals surface area contributed by atoms with Crippen LogP contribution in [0.3, 0.4) is 0 Å². The molecule has 2 N–H and O–H groups in total. The number of fused-ring (bicyclic) bond motifs is 1. The summed E-state index contributed by atoms with van der Waals surface area (Å²) in [5, 5.41) is 0.999. The second-order valence-electron chi connectivity index (χ2n) is 2.79. The molecule has 66 valence electrons. The van der Waals surface area contributed by atoms with Crippen LogP contribution in [0.15, 0.2) is 30.5 Å². The van der Waals surface area contributed by atoms with Crippen molar-refractivity contribution in [3.63, 3.8) is 0 Å². The molecule has 0 atom stereocenters. The van der Waals surface area contributed by atoms with Crippen LogP contribution in [0.4, 0.5) is 5.69 Å². The maximum Gasteiger partial charge on any atom is 0.121 e. The Morgan fingerprint density at radius 3 is 3.00 bits per heavy atom. The lowest BCUT2D eigenvalue weighted by Crippen LogP contribution is -1.91. The quantitative estimate of drug-likeness (QED) is 0.681. The minimum atomic E-state index is 0.648. The van der Waals surface area contributed by atoms with Gasteiger partial charge in [0.2, 0.25) is 0 Å². The van der Waals surface area contributed by atoms with Gasteiger partial charge in [-0.3, -0.25) is 4.98 Å². The Labute approximate surface area is 76.2 Å². The lowest BCUT2D eigenvalue weighted by molar-refractivity contribution is 0.415. The van der Waals surface area contributed by atoms with Gasteiger partial charge >= 0.3 is 0 Å². The molecular formula is C10H10N2O. The highest BCUT2D eigenvalue weighted by molar-refractivity contribution is 5.90. The van der Waals surface area contributed by atoms with Gasteiger partial charge in [-0.1, -0.05) is 6.07 Å². The predicted octanol–water partition coefficient (Wildman–Crippen LogP) is 1.83. The van der Waals surface area contributed by atoms with Crippen LogP contribution in [0.1, 0.15) is 0 Å². The fourth-order valence-electron chi connectivity index (χ4n) is 1.31. The molecule has 0 fully saturated rings. The van der Waals surface area contributed by atoms with Crippen LogP contribution >= 0.6 is 0 Å². The monoisotopic (exact) mass is 180 g/mol. The Kier molecular flexibility index (Phi) is 1.77. The van der Waals surface area contributed by atoms with Crippen LogP contribution in [0.5, 0.6) is 5.75 Å². The number of hydrogen-bond donors (Lipinski definition) is 1. The van der Waals surface area contributed by atoms with Gasteiger partial charge in [-0.25, -0.2) is 0 Å². The summed E-state index contributed by atoms with van der Waals surface area (Å²) < 4.78 is 5.10. The Morgan fingerprint density at radius 1 is 1.38 bits per heavy atom. The highest BCUT2D eigenvalue weighted by Gasteiger charge is 2.01. The minimum Gasteiger partial charge on any atom is -0.497 e. The number of rotatable bonds is 1. The maximum atomic E-state index is 5.79. The van der Waals surface area contributed by atoms with Crippen molar-refractivity contribution < 1.29 is 4.74 Å². The summed E-state index contributed by atoms with van der Waals surface area (Å²) in [5.41, 5.74) is 7.26. The fraction of sp³-hybridized carbons (Fsp3) is 0.100. The summed E-state index contributed by atoms with van der Waals surface area (Å²) in [6, 6.07) is 7.52. The normalized spacial score (nSPS) is 10.2. The number of ether oxygens (including phenoxy) is 1. The summed E-state index contributed by atoms with van der Waals surface area (Å²) >= 11 is 0. The molecule has 0 aliphatic heterocycles. The third-order valence-electron chi connectivity index (χ3n) is 1.94. The molecule has 0 amide bonds.